The highest BCUT2D eigenvalue weighted by Gasteiger charge is 1.99. The summed E-state index contributed by atoms with van der Waals surface area (Å²) in [5.74, 6) is -0.0326. The lowest BCUT2D eigenvalue weighted by Gasteiger charge is -2.06. The topological polar surface area (TPSA) is 75.1 Å². The van der Waals surface area contributed by atoms with Crippen molar-refractivity contribution in [2.75, 3.05) is 11.9 Å². The molecule has 1 aromatic rings. The van der Waals surface area contributed by atoms with Crippen LogP contribution in [-0.4, -0.2) is 27.6 Å². The van der Waals surface area contributed by atoms with Crippen LogP contribution in [0.4, 0.5) is 5.95 Å². The largest absolute Gasteiger partial charge is 0.481 e. The number of carboxylic acid groups (broad SMARTS) is 1. The number of hydrogen-bond donors (Lipinski definition) is 2. The summed E-state index contributed by atoms with van der Waals surface area (Å²) in [4.78, 5) is 18.9. The number of carboxylic acids is 1. The molecule has 5 nitrogen and oxygen atoms in total. The maximum Gasteiger partial charge on any atom is 0.303 e. The van der Waals surface area contributed by atoms with Gasteiger partial charge in [-0.3, -0.25) is 4.79 Å². The van der Waals surface area contributed by atoms with E-state index in [1.807, 2.05) is 19.9 Å². The lowest BCUT2D eigenvalue weighted by molar-refractivity contribution is -0.137. The molecule has 0 unspecified atom stereocenters. The Morgan fingerprint density at radius 2 is 1.78 bits per heavy atom. The first-order valence-electron chi connectivity index (χ1n) is 6.36. The molecule has 0 radical (unpaired) electrons. The molecule has 18 heavy (non-hydrogen) atoms. The van der Waals surface area contributed by atoms with Crippen molar-refractivity contribution in [2.24, 2.45) is 0 Å². The third-order valence-corrected chi connectivity index (χ3v) is 2.58. The highest BCUT2D eigenvalue weighted by atomic mass is 16.4. The molecule has 0 bridgehead atoms. The Bertz CT molecular complexity index is 374. The standard InChI is InChI=1S/C13H21N3O2/c1-10-9-11(2)16-13(15-10)14-8-6-4-3-5-7-12(17)18/h9H,3-8H2,1-2H3,(H,17,18)(H,14,15,16). The first-order chi connectivity index (χ1) is 8.58. The van der Waals surface area contributed by atoms with Gasteiger partial charge in [0.05, 0.1) is 0 Å². The number of nitrogens with one attached hydrogen (secondary N) is 1. The van der Waals surface area contributed by atoms with Crippen LogP contribution in [0.25, 0.3) is 0 Å². The fourth-order valence-corrected chi connectivity index (χ4v) is 1.76. The van der Waals surface area contributed by atoms with Gasteiger partial charge in [0.25, 0.3) is 0 Å². The lowest BCUT2D eigenvalue weighted by Crippen LogP contribution is -2.06. The van der Waals surface area contributed by atoms with E-state index in [1.165, 1.54) is 0 Å². The third-order valence-electron chi connectivity index (χ3n) is 2.58. The predicted octanol–water partition coefficient (Wildman–Crippen LogP) is 2.54. The Morgan fingerprint density at radius 1 is 1.17 bits per heavy atom. The van der Waals surface area contributed by atoms with E-state index in [0.29, 0.717) is 5.95 Å². The average molecular weight is 251 g/mol. The highest BCUT2D eigenvalue weighted by Crippen LogP contribution is 2.06. The van der Waals surface area contributed by atoms with E-state index in [0.717, 1.165) is 43.6 Å². The van der Waals surface area contributed by atoms with Crippen molar-refractivity contribution >= 4 is 11.9 Å². The third kappa shape index (κ3) is 6.18. The fourth-order valence-electron chi connectivity index (χ4n) is 1.76. The number of nitrogens with zero attached hydrogens (tertiary/aromatic N) is 2. The van der Waals surface area contributed by atoms with Crippen LogP contribution in [-0.2, 0) is 4.79 Å². The quantitative estimate of drug-likeness (QED) is 0.694. The van der Waals surface area contributed by atoms with E-state index in [1.54, 1.807) is 0 Å². The van der Waals surface area contributed by atoms with Crippen LogP contribution in [0.5, 0.6) is 0 Å². The van der Waals surface area contributed by atoms with Gasteiger partial charge in [-0.2, -0.15) is 0 Å². The summed E-state index contributed by atoms with van der Waals surface area (Å²) in [6.07, 6.45) is 4.03. The summed E-state index contributed by atoms with van der Waals surface area (Å²) >= 11 is 0. The van der Waals surface area contributed by atoms with E-state index in [9.17, 15) is 4.79 Å². The SMILES string of the molecule is Cc1cc(C)nc(NCCCCCCC(=O)O)n1. The van der Waals surface area contributed by atoms with Crippen molar-refractivity contribution in [1.82, 2.24) is 9.97 Å². The molecule has 0 atom stereocenters. The Morgan fingerprint density at radius 3 is 2.39 bits per heavy atom. The van der Waals surface area contributed by atoms with Crippen LogP contribution in [0.2, 0.25) is 0 Å². The predicted molar refractivity (Wildman–Crippen MR) is 70.7 cm³/mol. The zero-order valence-corrected chi connectivity index (χ0v) is 11.1. The van der Waals surface area contributed by atoms with E-state index in [2.05, 4.69) is 15.3 Å². The van der Waals surface area contributed by atoms with Crippen molar-refractivity contribution in [3.8, 4) is 0 Å². The Kier molecular flexibility index (Phi) is 6.11. The van der Waals surface area contributed by atoms with Crippen LogP contribution in [0, 0.1) is 13.8 Å². The first-order valence-corrected chi connectivity index (χ1v) is 6.36. The molecule has 1 rings (SSSR count). The average Bonchev–Trinajstić information content (AvgIpc) is 2.26. The molecule has 100 valence electrons. The summed E-state index contributed by atoms with van der Waals surface area (Å²) < 4.78 is 0. The molecule has 0 aliphatic carbocycles. The number of aromatic nitrogens is 2. The molecular formula is C13H21N3O2. The summed E-state index contributed by atoms with van der Waals surface area (Å²) in [7, 11) is 0. The van der Waals surface area contributed by atoms with Gasteiger partial charge in [0, 0.05) is 24.4 Å². The molecule has 0 aliphatic heterocycles. The number of rotatable bonds is 8. The Hall–Kier alpha value is -1.65. The molecule has 0 amide bonds. The van der Waals surface area contributed by atoms with Crippen molar-refractivity contribution in [1.29, 1.82) is 0 Å². The van der Waals surface area contributed by atoms with E-state index >= 15 is 0 Å². The Balaban J connectivity index is 2.12. The normalized spacial score (nSPS) is 10.3. The minimum Gasteiger partial charge on any atom is -0.481 e. The van der Waals surface area contributed by atoms with Gasteiger partial charge in [-0.15, -0.1) is 0 Å². The second-order valence-corrected chi connectivity index (χ2v) is 4.46. The van der Waals surface area contributed by atoms with Crippen LogP contribution in [0.3, 0.4) is 0 Å². The molecule has 0 aromatic carbocycles. The maximum absolute atomic E-state index is 10.3. The van der Waals surface area contributed by atoms with Crippen LogP contribution in [0.1, 0.15) is 43.5 Å². The number of hydrogen-bond acceptors (Lipinski definition) is 4. The van der Waals surface area contributed by atoms with Crippen molar-refractivity contribution in [2.45, 2.75) is 46.0 Å². The second-order valence-electron chi connectivity index (χ2n) is 4.46. The van der Waals surface area contributed by atoms with Gasteiger partial charge in [0.1, 0.15) is 0 Å². The molecule has 2 N–H and O–H groups in total. The molecule has 1 aromatic heterocycles. The summed E-state index contributed by atoms with van der Waals surface area (Å²) in [6, 6.07) is 1.94. The van der Waals surface area contributed by atoms with Crippen LogP contribution in [0.15, 0.2) is 6.07 Å². The minimum atomic E-state index is -0.711. The zero-order chi connectivity index (χ0) is 13.4. The Labute approximate surface area is 108 Å². The molecule has 1 heterocycles. The van der Waals surface area contributed by atoms with Crippen LogP contribution >= 0.6 is 0 Å². The number of anilines is 1. The monoisotopic (exact) mass is 251 g/mol. The zero-order valence-electron chi connectivity index (χ0n) is 11.1. The summed E-state index contributed by atoms with van der Waals surface area (Å²) in [5, 5.41) is 11.7. The minimum absolute atomic E-state index is 0.271. The molecule has 5 heteroatoms. The van der Waals surface area contributed by atoms with Gasteiger partial charge in [0.15, 0.2) is 0 Å². The smallest absolute Gasteiger partial charge is 0.303 e. The number of unbranched alkanes of at least 4 members (excludes halogenated alkanes) is 3. The molecule has 0 saturated heterocycles. The summed E-state index contributed by atoms with van der Waals surface area (Å²) in [5.41, 5.74) is 1.93. The molecular weight excluding hydrogens is 230 g/mol. The van der Waals surface area contributed by atoms with Gasteiger partial charge in [0.2, 0.25) is 5.95 Å². The molecule has 0 fully saturated rings. The van der Waals surface area contributed by atoms with E-state index in [-0.39, 0.29) is 6.42 Å². The number of carbonyl (C=O) groups is 1. The van der Waals surface area contributed by atoms with Gasteiger partial charge >= 0.3 is 5.97 Å². The van der Waals surface area contributed by atoms with E-state index in [4.69, 9.17) is 5.11 Å². The van der Waals surface area contributed by atoms with Gasteiger partial charge in [-0.1, -0.05) is 12.8 Å². The van der Waals surface area contributed by atoms with Crippen molar-refractivity contribution < 1.29 is 9.90 Å². The second kappa shape index (κ2) is 7.63. The highest BCUT2D eigenvalue weighted by molar-refractivity contribution is 5.66. The van der Waals surface area contributed by atoms with Crippen molar-refractivity contribution in [3.63, 3.8) is 0 Å². The lowest BCUT2D eigenvalue weighted by atomic mass is 10.1. The van der Waals surface area contributed by atoms with Crippen LogP contribution < -0.4 is 5.32 Å². The number of aliphatic carboxylic acids is 1. The van der Waals surface area contributed by atoms with Gasteiger partial charge < -0.3 is 10.4 Å². The fraction of sp³-hybridized carbons (Fsp3) is 0.615. The molecule has 0 spiro atoms. The number of aryl methyl sites for hydroxylation is 2. The van der Waals surface area contributed by atoms with Gasteiger partial charge in [-0.25, -0.2) is 9.97 Å². The summed E-state index contributed by atoms with van der Waals surface area (Å²) in [6.45, 7) is 4.73. The maximum atomic E-state index is 10.3. The first kappa shape index (κ1) is 14.4. The molecule has 0 aliphatic rings. The molecule has 0 saturated carbocycles. The van der Waals surface area contributed by atoms with Gasteiger partial charge in [-0.05, 0) is 32.8 Å². The van der Waals surface area contributed by atoms with Crippen molar-refractivity contribution in [3.05, 3.63) is 17.5 Å². The van der Waals surface area contributed by atoms with E-state index < -0.39 is 5.97 Å².